The second-order valence-electron chi connectivity index (χ2n) is 11.3. The molecule has 1 fully saturated rings. The van der Waals surface area contributed by atoms with E-state index in [1.807, 2.05) is 20.8 Å². The number of aromatic nitrogens is 4. The number of piperazine rings is 1. The van der Waals surface area contributed by atoms with Crippen molar-refractivity contribution in [2.75, 3.05) is 35.5 Å². The van der Waals surface area contributed by atoms with Crippen LogP contribution in [0.4, 0.5) is 20.3 Å². The summed E-state index contributed by atoms with van der Waals surface area (Å²) < 4.78 is 59.2. The number of aryl methyl sites for hydroxylation is 1. The van der Waals surface area contributed by atoms with Crippen LogP contribution >= 0.6 is 0 Å². The molecule has 0 spiro atoms. The molecular formula is C31H33F2N7O4S. The molecule has 1 amide bonds. The topological polar surface area (TPSA) is 130 Å². The number of sulfonamides is 1. The van der Waals surface area contributed by atoms with E-state index in [1.165, 1.54) is 22.8 Å². The van der Waals surface area contributed by atoms with Crippen molar-refractivity contribution in [1.82, 2.24) is 24.4 Å². The van der Waals surface area contributed by atoms with Crippen molar-refractivity contribution >= 4 is 38.5 Å². The molecule has 1 aromatic carbocycles. The second-order valence-corrected chi connectivity index (χ2v) is 13.1. The minimum Gasteiger partial charge on any atom is -0.350 e. The molecule has 3 aromatic heterocycles. The Kier molecular flexibility index (Phi) is 8.45. The third kappa shape index (κ3) is 6.01. The van der Waals surface area contributed by atoms with Crippen molar-refractivity contribution in [3.8, 4) is 16.9 Å². The molecule has 1 atom stereocenters. The number of pyridine rings is 2. The smallest absolute Gasteiger partial charge is 0.350 e. The molecule has 236 valence electrons. The van der Waals surface area contributed by atoms with Crippen molar-refractivity contribution in [3.05, 3.63) is 82.6 Å². The van der Waals surface area contributed by atoms with Gasteiger partial charge in [0, 0.05) is 31.9 Å². The van der Waals surface area contributed by atoms with E-state index in [1.54, 1.807) is 29.0 Å². The molecule has 1 N–H and O–H groups in total. The first-order valence-electron chi connectivity index (χ1n) is 14.3. The van der Waals surface area contributed by atoms with Gasteiger partial charge in [-0.15, -0.1) is 0 Å². The number of amides is 1. The molecule has 0 saturated carbocycles. The number of carbonyl (C=O) groups excluding carboxylic acids is 1. The fraction of sp³-hybridized carbons (Fsp3) is 0.323. The van der Waals surface area contributed by atoms with Crippen LogP contribution in [0, 0.1) is 18.6 Å². The van der Waals surface area contributed by atoms with Gasteiger partial charge in [0.25, 0.3) is 0 Å². The number of hydrogen-bond acceptors (Lipinski definition) is 8. The quantitative estimate of drug-likeness (QED) is 0.299. The maximum Gasteiger partial charge on any atom is 0.355 e. The Morgan fingerprint density at radius 3 is 2.53 bits per heavy atom. The highest BCUT2D eigenvalue weighted by atomic mass is 32.2. The van der Waals surface area contributed by atoms with Crippen LogP contribution in [-0.4, -0.2) is 70.7 Å². The SMILES string of the molecule is C=CC(=O)N1CCN(c2nc(=O)n(-c3c(C)ccnc3C(C)C)c3nc(-c4c(F)cccc4NS(C)(=O)=O)c(F)cc23)[C@@H](C)C1. The summed E-state index contributed by atoms with van der Waals surface area (Å²) in [7, 11) is -3.88. The van der Waals surface area contributed by atoms with Gasteiger partial charge in [-0.1, -0.05) is 26.5 Å². The van der Waals surface area contributed by atoms with E-state index in [9.17, 15) is 18.0 Å². The summed E-state index contributed by atoms with van der Waals surface area (Å²) in [6.07, 6.45) is 3.75. The highest BCUT2D eigenvalue weighted by Gasteiger charge is 2.31. The number of anilines is 2. The zero-order valence-corrected chi connectivity index (χ0v) is 26.3. The van der Waals surface area contributed by atoms with E-state index >= 15 is 8.78 Å². The van der Waals surface area contributed by atoms with Gasteiger partial charge >= 0.3 is 5.69 Å². The fourth-order valence-corrected chi connectivity index (χ4v) is 6.21. The van der Waals surface area contributed by atoms with Crippen molar-refractivity contribution in [1.29, 1.82) is 0 Å². The molecule has 0 aliphatic carbocycles. The zero-order valence-electron chi connectivity index (χ0n) is 25.5. The first kappa shape index (κ1) is 31.7. The molecule has 1 aliphatic rings. The van der Waals surface area contributed by atoms with Crippen LogP contribution < -0.4 is 15.3 Å². The van der Waals surface area contributed by atoms with Gasteiger partial charge < -0.3 is 9.80 Å². The lowest BCUT2D eigenvalue weighted by atomic mass is 10.0. The predicted octanol–water partition coefficient (Wildman–Crippen LogP) is 4.15. The van der Waals surface area contributed by atoms with Gasteiger partial charge in [-0.2, -0.15) is 4.98 Å². The highest BCUT2D eigenvalue weighted by molar-refractivity contribution is 7.92. The molecule has 14 heteroatoms. The second kappa shape index (κ2) is 12.0. The van der Waals surface area contributed by atoms with E-state index in [0.717, 1.165) is 18.4 Å². The van der Waals surface area contributed by atoms with Crippen LogP contribution in [0.3, 0.4) is 0 Å². The van der Waals surface area contributed by atoms with Gasteiger partial charge in [0.05, 0.1) is 34.3 Å². The van der Waals surface area contributed by atoms with Crippen LogP contribution in [0.25, 0.3) is 28.0 Å². The Bertz CT molecular complexity index is 2010. The van der Waals surface area contributed by atoms with Gasteiger partial charge in [0.2, 0.25) is 15.9 Å². The summed E-state index contributed by atoms with van der Waals surface area (Å²) in [5.41, 5.74) is -0.237. The largest absolute Gasteiger partial charge is 0.355 e. The minimum atomic E-state index is -3.88. The molecule has 4 aromatic rings. The first-order chi connectivity index (χ1) is 21.2. The summed E-state index contributed by atoms with van der Waals surface area (Å²) in [6.45, 7) is 11.9. The van der Waals surface area contributed by atoms with Crippen LogP contribution in [-0.2, 0) is 14.8 Å². The van der Waals surface area contributed by atoms with E-state index in [2.05, 4.69) is 26.3 Å². The number of halogens is 2. The van der Waals surface area contributed by atoms with Crippen molar-refractivity contribution in [3.63, 3.8) is 0 Å². The molecule has 1 saturated heterocycles. The number of benzene rings is 1. The molecule has 11 nitrogen and oxygen atoms in total. The van der Waals surface area contributed by atoms with Crippen molar-refractivity contribution in [2.45, 2.75) is 39.7 Å². The number of rotatable bonds is 7. The Labute approximate surface area is 259 Å². The van der Waals surface area contributed by atoms with Gasteiger partial charge in [0.15, 0.2) is 11.5 Å². The lowest BCUT2D eigenvalue weighted by Gasteiger charge is -2.40. The van der Waals surface area contributed by atoms with Gasteiger partial charge in [0.1, 0.15) is 17.3 Å². The predicted molar refractivity (Wildman–Crippen MR) is 169 cm³/mol. The van der Waals surface area contributed by atoms with Gasteiger partial charge in [-0.05, 0) is 55.7 Å². The average molecular weight is 638 g/mol. The molecule has 4 heterocycles. The van der Waals surface area contributed by atoms with Gasteiger partial charge in [-0.3, -0.25) is 14.5 Å². The van der Waals surface area contributed by atoms with E-state index in [0.29, 0.717) is 30.0 Å². The van der Waals surface area contributed by atoms with Crippen molar-refractivity contribution < 1.29 is 22.0 Å². The third-order valence-corrected chi connectivity index (χ3v) is 8.25. The van der Waals surface area contributed by atoms with E-state index < -0.39 is 38.6 Å². The molecule has 0 bridgehead atoms. The number of carbonyl (C=O) groups is 1. The summed E-state index contributed by atoms with van der Waals surface area (Å²) in [4.78, 5) is 43.2. The van der Waals surface area contributed by atoms with Crippen LogP contribution in [0.1, 0.15) is 37.9 Å². The first-order valence-corrected chi connectivity index (χ1v) is 16.1. The molecule has 0 unspecified atom stereocenters. The average Bonchev–Trinajstić information content (AvgIpc) is 2.96. The number of fused-ring (bicyclic) bond motifs is 1. The number of nitrogens with one attached hydrogen (secondary N) is 1. The lowest BCUT2D eigenvalue weighted by molar-refractivity contribution is -0.126. The summed E-state index contributed by atoms with van der Waals surface area (Å²) in [5, 5.41) is 0.165. The molecule has 0 radical (unpaired) electrons. The van der Waals surface area contributed by atoms with E-state index in [4.69, 9.17) is 0 Å². The number of hydrogen-bond donors (Lipinski definition) is 1. The molecular weight excluding hydrogens is 604 g/mol. The Balaban J connectivity index is 1.85. The molecule has 45 heavy (non-hydrogen) atoms. The maximum absolute atomic E-state index is 16.2. The fourth-order valence-electron chi connectivity index (χ4n) is 5.64. The Morgan fingerprint density at radius 1 is 1.16 bits per heavy atom. The monoisotopic (exact) mass is 637 g/mol. The summed E-state index contributed by atoms with van der Waals surface area (Å²) in [6, 6.07) is 6.17. The Hall–Kier alpha value is -4.72. The summed E-state index contributed by atoms with van der Waals surface area (Å²) >= 11 is 0. The zero-order chi connectivity index (χ0) is 32.8. The highest BCUT2D eigenvalue weighted by Crippen LogP contribution is 2.36. The van der Waals surface area contributed by atoms with E-state index in [-0.39, 0.29) is 47.0 Å². The minimum absolute atomic E-state index is 0.0234. The standard InChI is InChI=1S/C31H33F2N7O4S/c1-7-24(41)38-13-14-39(19(5)16-38)29-20-15-22(33)27(25-21(32)9-8-10-23(25)37-45(6,43)44)35-30(20)40(31(42)36-29)28-18(4)11-12-34-26(28)17(2)3/h7-12,15,17,19,37H,1,13-14,16H2,2-6H3/t19-/m0/s1. The van der Waals surface area contributed by atoms with Crippen LogP contribution in [0.15, 0.2) is 54.0 Å². The Morgan fingerprint density at radius 2 is 1.89 bits per heavy atom. The van der Waals surface area contributed by atoms with Crippen molar-refractivity contribution in [2.24, 2.45) is 0 Å². The maximum atomic E-state index is 16.2. The molecule has 1 aliphatic heterocycles. The van der Waals surface area contributed by atoms with Crippen LogP contribution in [0.5, 0.6) is 0 Å². The normalized spacial score (nSPS) is 15.5. The summed E-state index contributed by atoms with van der Waals surface area (Å²) in [5.74, 6) is -2.09. The number of nitrogens with zero attached hydrogens (tertiary/aromatic N) is 6. The third-order valence-electron chi connectivity index (χ3n) is 7.66. The molecule has 5 rings (SSSR count). The van der Waals surface area contributed by atoms with Gasteiger partial charge in [-0.25, -0.2) is 31.5 Å². The van der Waals surface area contributed by atoms with Crippen LogP contribution in [0.2, 0.25) is 0 Å². The lowest BCUT2D eigenvalue weighted by Crippen LogP contribution is -2.54.